The SMILES string of the molecule is Clc1ccc(Sc2ccccc2Br)nc1. The minimum Gasteiger partial charge on any atom is -0.248 e. The lowest BCUT2D eigenvalue weighted by atomic mass is 10.4. The topological polar surface area (TPSA) is 12.9 Å². The van der Waals surface area contributed by atoms with Gasteiger partial charge < -0.3 is 0 Å². The van der Waals surface area contributed by atoms with Gasteiger partial charge in [0.1, 0.15) is 5.03 Å². The number of halogens is 2. The van der Waals surface area contributed by atoms with E-state index in [1.54, 1.807) is 18.0 Å². The predicted molar refractivity (Wildman–Crippen MR) is 67.5 cm³/mol. The van der Waals surface area contributed by atoms with Gasteiger partial charge >= 0.3 is 0 Å². The van der Waals surface area contributed by atoms with E-state index in [0.717, 1.165) is 14.4 Å². The van der Waals surface area contributed by atoms with Crippen LogP contribution in [0.5, 0.6) is 0 Å². The lowest BCUT2D eigenvalue weighted by molar-refractivity contribution is 1.13. The summed E-state index contributed by atoms with van der Waals surface area (Å²) in [6, 6.07) is 11.8. The van der Waals surface area contributed by atoms with E-state index in [1.165, 1.54) is 0 Å². The standard InChI is InChI=1S/C11H7BrClNS/c12-9-3-1-2-4-10(9)15-11-6-5-8(13)7-14-11/h1-7H. The molecule has 1 nitrogen and oxygen atoms in total. The van der Waals surface area contributed by atoms with Gasteiger partial charge in [-0.05, 0) is 40.2 Å². The Morgan fingerprint density at radius 2 is 1.93 bits per heavy atom. The number of rotatable bonds is 2. The van der Waals surface area contributed by atoms with Crippen molar-refractivity contribution in [3.05, 3.63) is 52.1 Å². The second-order valence-electron chi connectivity index (χ2n) is 2.85. The van der Waals surface area contributed by atoms with Gasteiger partial charge in [0.15, 0.2) is 0 Å². The van der Waals surface area contributed by atoms with Crippen molar-refractivity contribution in [1.29, 1.82) is 0 Å². The molecule has 0 fully saturated rings. The van der Waals surface area contributed by atoms with E-state index < -0.39 is 0 Å². The van der Waals surface area contributed by atoms with Gasteiger partial charge in [0.05, 0.1) is 5.02 Å². The highest BCUT2D eigenvalue weighted by Gasteiger charge is 2.01. The first-order valence-electron chi connectivity index (χ1n) is 4.29. The number of aromatic nitrogens is 1. The van der Waals surface area contributed by atoms with Gasteiger partial charge in [-0.3, -0.25) is 0 Å². The van der Waals surface area contributed by atoms with Crippen molar-refractivity contribution in [2.75, 3.05) is 0 Å². The van der Waals surface area contributed by atoms with E-state index in [4.69, 9.17) is 11.6 Å². The van der Waals surface area contributed by atoms with Crippen LogP contribution >= 0.6 is 39.3 Å². The van der Waals surface area contributed by atoms with Crippen LogP contribution in [0.15, 0.2) is 57.0 Å². The molecule has 0 bridgehead atoms. The third kappa shape index (κ3) is 2.97. The minimum atomic E-state index is 0.659. The van der Waals surface area contributed by atoms with Gasteiger partial charge in [-0.1, -0.05) is 35.5 Å². The fourth-order valence-electron chi connectivity index (χ4n) is 1.06. The maximum atomic E-state index is 5.76. The Balaban J connectivity index is 2.22. The van der Waals surface area contributed by atoms with E-state index in [0.29, 0.717) is 5.02 Å². The number of hydrogen-bond donors (Lipinski definition) is 0. The van der Waals surface area contributed by atoms with E-state index >= 15 is 0 Å². The van der Waals surface area contributed by atoms with Crippen LogP contribution < -0.4 is 0 Å². The Morgan fingerprint density at radius 1 is 1.13 bits per heavy atom. The third-order valence-corrected chi connectivity index (χ3v) is 3.96. The molecule has 0 aliphatic carbocycles. The summed E-state index contributed by atoms with van der Waals surface area (Å²) in [6.45, 7) is 0. The lowest BCUT2D eigenvalue weighted by Gasteiger charge is -2.02. The average molecular weight is 301 g/mol. The summed E-state index contributed by atoms with van der Waals surface area (Å²) in [5.41, 5.74) is 0. The first-order chi connectivity index (χ1) is 7.25. The van der Waals surface area contributed by atoms with Gasteiger partial charge in [0.2, 0.25) is 0 Å². The van der Waals surface area contributed by atoms with Gasteiger partial charge in [-0.25, -0.2) is 4.98 Å². The van der Waals surface area contributed by atoms with Crippen LogP contribution in [-0.4, -0.2) is 4.98 Å². The fourth-order valence-corrected chi connectivity index (χ4v) is 2.48. The molecular weight excluding hydrogens is 294 g/mol. The second-order valence-corrected chi connectivity index (χ2v) is 5.20. The Bertz CT molecular complexity index is 458. The van der Waals surface area contributed by atoms with Gasteiger partial charge in [-0.15, -0.1) is 0 Å². The molecular formula is C11H7BrClNS. The van der Waals surface area contributed by atoms with Crippen LogP contribution in [0, 0.1) is 0 Å². The van der Waals surface area contributed by atoms with Crippen LogP contribution in [0.4, 0.5) is 0 Å². The molecule has 0 unspecified atom stereocenters. The fraction of sp³-hybridized carbons (Fsp3) is 0. The molecule has 2 aromatic rings. The van der Waals surface area contributed by atoms with E-state index in [1.807, 2.05) is 36.4 Å². The molecule has 1 aromatic heterocycles. The van der Waals surface area contributed by atoms with Crippen LogP contribution in [0.1, 0.15) is 0 Å². The van der Waals surface area contributed by atoms with Crippen molar-refractivity contribution in [1.82, 2.24) is 4.98 Å². The molecule has 0 amide bonds. The maximum Gasteiger partial charge on any atom is 0.101 e. The Labute approximate surface area is 106 Å². The smallest absolute Gasteiger partial charge is 0.101 e. The highest BCUT2D eigenvalue weighted by Crippen LogP contribution is 2.32. The zero-order chi connectivity index (χ0) is 10.7. The third-order valence-electron chi connectivity index (χ3n) is 1.75. The summed E-state index contributed by atoms with van der Waals surface area (Å²) < 4.78 is 1.08. The first-order valence-corrected chi connectivity index (χ1v) is 6.28. The predicted octanol–water partition coefficient (Wildman–Crippen LogP) is 4.65. The number of nitrogens with zero attached hydrogens (tertiary/aromatic N) is 1. The largest absolute Gasteiger partial charge is 0.248 e. The maximum absolute atomic E-state index is 5.76. The molecule has 0 saturated carbocycles. The molecule has 76 valence electrons. The summed E-state index contributed by atoms with van der Waals surface area (Å²) >= 11 is 10.9. The molecule has 0 aliphatic rings. The molecule has 1 aromatic carbocycles. The summed E-state index contributed by atoms with van der Waals surface area (Å²) in [7, 11) is 0. The number of benzene rings is 1. The molecule has 0 saturated heterocycles. The van der Waals surface area contributed by atoms with Crippen molar-refractivity contribution in [2.24, 2.45) is 0 Å². The lowest BCUT2D eigenvalue weighted by Crippen LogP contribution is -1.79. The minimum absolute atomic E-state index is 0.659. The van der Waals surface area contributed by atoms with Crippen LogP contribution in [0.2, 0.25) is 5.02 Å². The van der Waals surface area contributed by atoms with E-state index in [2.05, 4.69) is 20.9 Å². The molecule has 15 heavy (non-hydrogen) atoms. The second kappa shape index (κ2) is 5.01. The number of hydrogen-bond acceptors (Lipinski definition) is 2. The monoisotopic (exact) mass is 299 g/mol. The van der Waals surface area contributed by atoms with Crippen molar-refractivity contribution >= 4 is 39.3 Å². The molecule has 0 spiro atoms. The van der Waals surface area contributed by atoms with Crippen LogP contribution in [-0.2, 0) is 0 Å². The zero-order valence-electron chi connectivity index (χ0n) is 7.65. The van der Waals surface area contributed by atoms with E-state index in [-0.39, 0.29) is 0 Å². The van der Waals surface area contributed by atoms with Crippen molar-refractivity contribution < 1.29 is 0 Å². The van der Waals surface area contributed by atoms with Crippen molar-refractivity contribution in [3.8, 4) is 0 Å². The quantitative estimate of drug-likeness (QED) is 0.801. The summed E-state index contributed by atoms with van der Waals surface area (Å²) in [4.78, 5) is 5.37. The molecule has 2 rings (SSSR count). The highest BCUT2D eigenvalue weighted by atomic mass is 79.9. The van der Waals surface area contributed by atoms with Gasteiger partial charge in [-0.2, -0.15) is 0 Å². The average Bonchev–Trinajstić information content (AvgIpc) is 2.25. The Morgan fingerprint density at radius 3 is 2.60 bits per heavy atom. The highest BCUT2D eigenvalue weighted by molar-refractivity contribution is 9.10. The van der Waals surface area contributed by atoms with Crippen LogP contribution in [0.25, 0.3) is 0 Å². The molecule has 0 atom stereocenters. The molecule has 0 aliphatic heterocycles. The molecule has 0 N–H and O–H groups in total. The first kappa shape index (κ1) is 11.0. The van der Waals surface area contributed by atoms with Crippen molar-refractivity contribution in [3.63, 3.8) is 0 Å². The number of pyridine rings is 1. The summed E-state index contributed by atoms with van der Waals surface area (Å²) in [6.07, 6.45) is 1.65. The van der Waals surface area contributed by atoms with E-state index in [9.17, 15) is 0 Å². The zero-order valence-corrected chi connectivity index (χ0v) is 10.8. The molecule has 1 heterocycles. The molecule has 0 radical (unpaired) electrons. The van der Waals surface area contributed by atoms with Crippen LogP contribution in [0.3, 0.4) is 0 Å². The Hall–Kier alpha value is -0.510. The Kier molecular flexibility index (Phi) is 3.67. The van der Waals surface area contributed by atoms with Gasteiger partial charge in [0, 0.05) is 15.6 Å². The summed E-state index contributed by atoms with van der Waals surface area (Å²) in [5, 5.41) is 1.60. The van der Waals surface area contributed by atoms with Gasteiger partial charge in [0.25, 0.3) is 0 Å². The van der Waals surface area contributed by atoms with Crippen molar-refractivity contribution in [2.45, 2.75) is 9.92 Å². The molecule has 4 heteroatoms. The normalized spacial score (nSPS) is 10.3. The summed E-state index contributed by atoms with van der Waals surface area (Å²) in [5.74, 6) is 0.